The highest BCUT2D eigenvalue weighted by atomic mass is 16.5. The van der Waals surface area contributed by atoms with Crippen LogP contribution in [0.4, 0.5) is 0 Å². The Morgan fingerprint density at radius 2 is 1.57 bits per heavy atom. The first-order valence-electron chi connectivity index (χ1n) is 9.41. The molecule has 0 radical (unpaired) electrons. The first kappa shape index (κ1) is 22.2. The minimum Gasteiger partial charge on any atom is -0.459 e. The molecule has 0 aliphatic carbocycles. The van der Waals surface area contributed by atoms with E-state index in [4.69, 9.17) is 4.74 Å². The van der Waals surface area contributed by atoms with Crippen LogP contribution in [0, 0.1) is 17.8 Å². The lowest BCUT2D eigenvalue weighted by molar-refractivity contribution is -0.143. The number of nitrogens with one attached hydrogen (secondary N) is 1. The van der Waals surface area contributed by atoms with Gasteiger partial charge in [0.05, 0.1) is 6.10 Å². The van der Waals surface area contributed by atoms with Crippen LogP contribution in [0.15, 0.2) is 12.2 Å². The molecule has 1 N–H and O–H groups in total. The largest absolute Gasteiger partial charge is 0.459 e. The van der Waals surface area contributed by atoms with Gasteiger partial charge in [0.15, 0.2) is 0 Å². The summed E-state index contributed by atoms with van der Waals surface area (Å²) in [6.45, 7) is 18.4. The van der Waals surface area contributed by atoms with Gasteiger partial charge in [-0.05, 0) is 44.1 Å². The summed E-state index contributed by atoms with van der Waals surface area (Å²) in [4.78, 5) is 11.9. The van der Waals surface area contributed by atoms with Gasteiger partial charge < -0.3 is 10.1 Å². The van der Waals surface area contributed by atoms with Crippen molar-refractivity contribution in [2.75, 3.05) is 13.1 Å². The van der Waals surface area contributed by atoms with E-state index in [0.29, 0.717) is 18.0 Å². The minimum atomic E-state index is -0.268. The maximum atomic E-state index is 11.9. The molecule has 0 amide bonds. The number of carbonyl (C=O) groups excluding carboxylic acids is 1. The molecule has 0 aliphatic heterocycles. The van der Waals surface area contributed by atoms with Crippen molar-refractivity contribution in [2.24, 2.45) is 17.8 Å². The van der Waals surface area contributed by atoms with Gasteiger partial charge in [0.2, 0.25) is 0 Å². The van der Waals surface area contributed by atoms with Crippen LogP contribution in [0.3, 0.4) is 0 Å². The van der Waals surface area contributed by atoms with Gasteiger partial charge in [-0.25, -0.2) is 4.79 Å². The normalized spacial score (nSPS) is 16.4. The van der Waals surface area contributed by atoms with E-state index in [9.17, 15) is 4.79 Å². The fourth-order valence-electron chi connectivity index (χ4n) is 2.49. The molecule has 136 valence electrons. The predicted molar refractivity (Wildman–Crippen MR) is 99.5 cm³/mol. The van der Waals surface area contributed by atoms with Gasteiger partial charge in [0.25, 0.3) is 0 Å². The SMILES string of the molecule is C=C(CNCC)C(=O)OC(C)CCC(C)C(C)CCC(C)CC. The Morgan fingerprint density at radius 3 is 2.09 bits per heavy atom. The van der Waals surface area contributed by atoms with E-state index < -0.39 is 0 Å². The van der Waals surface area contributed by atoms with E-state index in [0.717, 1.165) is 31.2 Å². The Bertz CT molecular complexity index is 341. The molecule has 0 heterocycles. The Kier molecular flexibility index (Phi) is 12.1. The van der Waals surface area contributed by atoms with Gasteiger partial charge in [-0.2, -0.15) is 0 Å². The summed E-state index contributed by atoms with van der Waals surface area (Å²) in [5.41, 5.74) is 0.508. The quantitative estimate of drug-likeness (QED) is 0.384. The number of rotatable bonds is 13. The minimum absolute atomic E-state index is 0.0370. The van der Waals surface area contributed by atoms with Crippen LogP contribution in [0.5, 0.6) is 0 Å². The maximum absolute atomic E-state index is 11.9. The van der Waals surface area contributed by atoms with Crippen LogP contribution < -0.4 is 5.32 Å². The molecule has 0 fully saturated rings. The van der Waals surface area contributed by atoms with Gasteiger partial charge in [-0.3, -0.25) is 0 Å². The van der Waals surface area contributed by atoms with Crippen molar-refractivity contribution in [3.05, 3.63) is 12.2 Å². The molecule has 0 spiro atoms. The van der Waals surface area contributed by atoms with Crippen LogP contribution in [0.2, 0.25) is 0 Å². The molecule has 0 rings (SSSR count). The molecule has 0 bridgehead atoms. The van der Waals surface area contributed by atoms with Crippen molar-refractivity contribution in [3.63, 3.8) is 0 Å². The third kappa shape index (κ3) is 10.5. The highest BCUT2D eigenvalue weighted by Crippen LogP contribution is 2.25. The number of ether oxygens (including phenoxy) is 1. The summed E-state index contributed by atoms with van der Waals surface area (Å²) < 4.78 is 5.48. The second-order valence-electron chi connectivity index (χ2n) is 7.22. The molecule has 0 aromatic carbocycles. The zero-order chi connectivity index (χ0) is 17.8. The van der Waals surface area contributed by atoms with E-state index in [1.54, 1.807) is 0 Å². The maximum Gasteiger partial charge on any atom is 0.334 e. The first-order valence-corrected chi connectivity index (χ1v) is 9.41. The van der Waals surface area contributed by atoms with Gasteiger partial charge in [-0.15, -0.1) is 0 Å². The zero-order valence-electron chi connectivity index (χ0n) is 16.3. The monoisotopic (exact) mass is 325 g/mol. The molecular weight excluding hydrogens is 286 g/mol. The fourth-order valence-corrected chi connectivity index (χ4v) is 2.49. The van der Waals surface area contributed by atoms with Gasteiger partial charge in [0.1, 0.15) is 0 Å². The van der Waals surface area contributed by atoms with Crippen LogP contribution in [-0.4, -0.2) is 25.2 Å². The van der Waals surface area contributed by atoms with Crippen molar-refractivity contribution in [1.29, 1.82) is 0 Å². The van der Waals surface area contributed by atoms with Gasteiger partial charge >= 0.3 is 5.97 Å². The first-order chi connectivity index (χ1) is 10.8. The number of likely N-dealkylation sites (N-methyl/N-ethyl adjacent to an activating group) is 1. The molecule has 23 heavy (non-hydrogen) atoms. The van der Waals surface area contributed by atoms with E-state index >= 15 is 0 Å². The topological polar surface area (TPSA) is 38.3 Å². The Hall–Kier alpha value is -0.830. The molecular formula is C20H39NO2. The van der Waals surface area contributed by atoms with Crippen molar-refractivity contribution >= 4 is 5.97 Å². The molecule has 3 nitrogen and oxygen atoms in total. The zero-order valence-corrected chi connectivity index (χ0v) is 16.3. The van der Waals surface area contributed by atoms with Crippen molar-refractivity contribution in [3.8, 4) is 0 Å². The fraction of sp³-hybridized carbons (Fsp3) is 0.850. The lowest BCUT2D eigenvalue weighted by Gasteiger charge is -2.23. The summed E-state index contributed by atoms with van der Waals surface area (Å²) in [6.07, 6.45) is 5.88. The van der Waals surface area contributed by atoms with Crippen molar-refractivity contribution in [2.45, 2.75) is 79.8 Å². The summed E-state index contributed by atoms with van der Waals surface area (Å²) >= 11 is 0. The van der Waals surface area contributed by atoms with Crippen LogP contribution in [-0.2, 0) is 9.53 Å². The number of carbonyl (C=O) groups is 1. The summed E-state index contributed by atoms with van der Waals surface area (Å²) in [5.74, 6) is 1.96. The van der Waals surface area contributed by atoms with Crippen molar-refractivity contribution in [1.82, 2.24) is 5.32 Å². The Balaban J connectivity index is 4.00. The third-order valence-electron chi connectivity index (χ3n) is 5.00. The number of esters is 1. The smallest absolute Gasteiger partial charge is 0.334 e. The van der Waals surface area contributed by atoms with Crippen molar-refractivity contribution < 1.29 is 9.53 Å². The predicted octanol–water partition coefficient (Wildman–Crippen LogP) is 4.96. The Labute approximate surface area is 144 Å². The lowest BCUT2D eigenvalue weighted by Crippen LogP contribution is -2.24. The van der Waals surface area contributed by atoms with Gasteiger partial charge in [0, 0.05) is 12.1 Å². The average molecular weight is 326 g/mol. The highest BCUT2D eigenvalue weighted by Gasteiger charge is 2.17. The van der Waals surface area contributed by atoms with E-state index in [1.165, 1.54) is 19.3 Å². The van der Waals surface area contributed by atoms with E-state index in [1.807, 2.05) is 13.8 Å². The Morgan fingerprint density at radius 1 is 1.00 bits per heavy atom. The number of hydrogen-bond donors (Lipinski definition) is 1. The molecule has 4 unspecified atom stereocenters. The van der Waals surface area contributed by atoms with Crippen LogP contribution >= 0.6 is 0 Å². The number of hydrogen-bond acceptors (Lipinski definition) is 3. The molecule has 0 saturated carbocycles. The lowest BCUT2D eigenvalue weighted by atomic mass is 9.85. The highest BCUT2D eigenvalue weighted by molar-refractivity contribution is 5.88. The summed E-state index contributed by atoms with van der Waals surface area (Å²) in [7, 11) is 0. The second kappa shape index (κ2) is 12.6. The second-order valence-corrected chi connectivity index (χ2v) is 7.22. The summed E-state index contributed by atoms with van der Waals surface area (Å²) in [6, 6.07) is 0. The third-order valence-corrected chi connectivity index (χ3v) is 5.00. The summed E-state index contributed by atoms with van der Waals surface area (Å²) in [5, 5.41) is 3.09. The standard InChI is InChI=1S/C20H39NO2/c1-8-15(3)10-11-16(4)17(5)12-13-19(7)23-20(22)18(6)14-21-9-2/h15-17,19,21H,6,8-14H2,1-5,7H3. The molecule has 0 saturated heterocycles. The van der Waals surface area contributed by atoms with Crippen LogP contribution in [0.1, 0.15) is 73.6 Å². The molecule has 0 aliphatic rings. The molecule has 0 aromatic rings. The van der Waals surface area contributed by atoms with E-state index in [-0.39, 0.29) is 12.1 Å². The molecule has 4 atom stereocenters. The van der Waals surface area contributed by atoms with E-state index in [2.05, 4.69) is 39.6 Å². The average Bonchev–Trinajstić information content (AvgIpc) is 2.54. The van der Waals surface area contributed by atoms with Gasteiger partial charge in [-0.1, -0.05) is 60.5 Å². The van der Waals surface area contributed by atoms with Crippen LogP contribution in [0.25, 0.3) is 0 Å². The molecule has 3 heteroatoms. The molecule has 0 aromatic heterocycles.